The molecule has 1 heterocycles. The smallest absolute Gasteiger partial charge is 0.255 e. The van der Waals surface area contributed by atoms with Gasteiger partial charge in [0.2, 0.25) is 0 Å². The predicted molar refractivity (Wildman–Crippen MR) is 96.2 cm³/mol. The molecule has 0 bridgehead atoms. The van der Waals surface area contributed by atoms with Crippen LogP contribution < -0.4 is 10.0 Å². The maximum atomic E-state index is 13.2. The Morgan fingerprint density at radius 2 is 2.12 bits per heavy atom. The monoisotopic (exact) mass is 366 g/mol. The number of carbonyl (C=O) groups is 1. The Balaban J connectivity index is 1.63. The van der Waals surface area contributed by atoms with E-state index in [0.29, 0.717) is 16.5 Å². The second-order valence-corrected chi connectivity index (χ2v) is 6.88. The summed E-state index contributed by atoms with van der Waals surface area (Å²) in [7, 11) is 0. The minimum absolute atomic E-state index is 0.0293. The number of benzene rings is 2. The molecule has 24 heavy (non-hydrogen) atoms. The number of hydrogen-bond acceptors (Lipinski definition) is 4. The fourth-order valence-electron chi connectivity index (χ4n) is 2.26. The molecule has 1 saturated heterocycles. The largest absolute Gasteiger partial charge is 0.380 e. The molecule has 0 saturated carbocycles. The molecule has 1 aliphatic rings. The fourth-order valence-corrected chi connectivity index (χ4v) is 3.25. The van der Waals surface area contributed by atoms with E-state index in [1.807, 2.05) is 6.07 Å². The summed E-state index contributed by atoms with van der Waals surface area (Å²) in [6.07, 6.45) is 1.02. The van der Waals surface area contributed by atoms with Crippen LogP contribution in [0.15, 0.2) is 42.5 Å². The second kappa shape index (κ2) is 7.88. The summed E-state index contributed by atoms with van der Waals surface area (Å²) in [4.78, 5) is 12.3. The summed E-state index contributed by atoms with van der Waals surface area (Å²) in [5.74, 6) is -0.802. The van der Waals surface area contributed by atoms with Crippen molar-refractivity contribution in [3.8, 4) is 0 Å². The van der Waals surface area contributed by atoms with Gasteiger partial charge in [-0.3, -0.25) is 4.79 Å². The van der Waals surface area contributed by atoms with Crippen LogP contribution in [0.3, 0.4) is 0 Å². The number of amides is 1. The Bertz CT molecular complexity index is 738. The van der Waals surface area contributed by atoms with Gasteiger partial charge in [-0.25, -0.2) is 4.39 Å². The van der Waals surface area contributed by atoms with Crippen molar-refractivity contribution >= 4 is 40.8 Å². The van der Waals surface area contributed by atoms with Crippen LogP contribution >= 0.6 is 23.5 Å². The molecule has 1 fully saturated rings. The number of halogens is 2. The molecule has 0 radical (unpaired) electrons. The molecule has 0 spiro atoms. The highest BCUT2D eigenvalue weighted by Crippen LogP contribution is 2.24. The maximum Gasteiger partial charge on any atom is 0.255 e. The number of anilines is 2. The van der Waals surface area contributed by atoms with E-state index in [2.05, 4.69) is 10.0 Å². The van der Waals surface area contributed by atoms with Crippen LogP contribution in [0.1, 0.15) is 16.8 Å². The van der Waals surface area contributed by atoms with Gasteiger partial charge in [-0.15, -0.1) is 0 Å². The molecule has 1 amide bonds. The van der Waals surface area contributed by atoms with E-state index in [1.54, 1.807) is 30.1 Å². The topological polar surface area (TPSA) is 50.4 Å². The number of nitrogens with one attached hydrogen (secondary N) is 2. The summed E-state index contributed by atoms with van der Waals surface area (Å²) in [5, 5.41) is 3.10. The maximum absolute atomic E-state index is 13.2. The van der Waals surface area contributed by atoms with Crippen LogP contribution in [0.2, 0.25) is 5.02 Å². The van der Waals surface area contributed by atoms with E-state index in [9.17, 15) is 9.18 Å². The Labute approximate surface area is 148 Å². The van der Waals surface area contributed by atoms with Crippen LogP contribution in [-0.4, -0.2) is 24.4 Å². The first kappa shape index (κ1) is 17.1. The zero-order valence-electron chi connectivity index (χ0n) is 12.7. The second-order valence-electron chi connectivity index (χ2n) is 5.37. The van der Waals surface area contributed by atoms with E-state index in [0.717, 1.165) is 25.3 Å². The molecule has 3 rings (SSSR count). The van der Waals surface area contributed by atoms with Crippen molar-refractivity contribution < 1.29 is 13.9 Å². The Kier molecular flexibility index (Phi) is 5.60. The molecular formula is C17H16ClFN2O2S. The van der Waals surface area contributed by atoms with Gasteiger partial charge >= 0.3 is 0 Å². The molecule has 0 aromatic heterocycles. The first-order valence-electron chi connectivity index (χ1n) is 7.48. The summed E-state index contributed by atoms with van der Waals surface area (Å²) >= 11 is 7.32. The first-order valence-corrected chi connectivity index (χ1v) is 8.73. The normalized spacial score (nSPS) is 16.8. The van der Waals surface area contributed by atoms with Crippen LogP contribution in [0.5, 0.6) is 0 Å². The standard InChI is InChI=1S/C17H16ClFN2O2S/c18-15-9-12(4-5-16(15)19)20-17(22)11-2-1-3-13(8-11)21-24-14-6-7-23-10-14/h1-5,8-9,14,21H,6-7,10H2,(H,20,22). The molecule has 1 aliphatic heterocycles. The van der Waals surface area contributed by atoms with Crippen molar-refractivity contribution in [3.63, 3.8) is 0 Å². The minimum atomic E-state index is -0.520. The molecule has 2 aromatic rings. The predicted octanol–water partition coefficient (Wildman–Crippen LogP) is 4.58. The Morgan fingerprint density at radius 1 is 1.25 bits per heavy atom. The van der Waals surface area contributed by atoms with Crippen molar-refractivity contribution in [1.29, 1.82) is 0 Å². The van der Waals surface area contributed by atoms with Crippen LogP contribution in [-0.2, 0) is 4.74 Å². The molecule has 1 unspecified atom stereocenters. The lowest BCUT2D eigenvalue weighted by atomic mass is 10.2. The van der Waals surface area contributed by atoms with Crippen LogP contribution in [0, 0.1) is 5.82 Å². The Hall–Kier alpha value is -1.76. The number of carbonyl (C=O) groups excluding carboxylic acids is 1. The van der Waals surface area contributed by atoms with Gasteiger partial charge in [0, 0.05) is 23.5 Å². The van der Waals surface area contributed by atoms with E-state index >= 15 is 0 Å². The lowest BCUT2D eigenvalue weighted by Gasteiger charge is -2.11. The van der Waals surface area contributed by atoms with Crippen LogP contribution in [0.25, 0.3) is 0 Å². The summed E-state index contributed by atoms with van der Waals surface area (Å²) < 4.78 is 21.7. The van der Waals surface area contributed by atoms with Gasteiger partial charge in [0.1, 0.15) is 5.82 Å². The van der Waals surface area contributed by atoms with Crippen molar-refractivity contribution in [1.82, 2.24) is 0 Å². The Morgan fingerprint density at radius 3 is 2.88 bits per heavy atom. The zero-order valence-corrected chi connectivity index (χ0v) is 14.3. The van der Waals surface area contributed by atoms with Gasteiger partial charge in [0.15, 0.2) is 0 Å². The van der Waals surface area contributed by atoms with Gasteiger partial charge in [0.05, 0.1) is 16.9 Å². The lowest BCUT2D eigenvalue weighted by molar-refractivity contribution is 0.102. The molecule has 4 nitrogen and oxygen atoms in total. The van der Waals surface area contributed by atoms with Gasteiger partial charge in [0.25, 0.3) is 5.91 Å². The van der Waals surface area contributed by atoms with E-state index in [4.69, 9.17) is 16.3 Å². The highest BCUT2D eigenvalue weighted by Gasteiger charge is 2.16. The van der Waals surface area contributed by atoms with Gasteiger partial charge in [-0.2, -0.15) is 0 Å². The molecular weight excluding hydrogens is 351 g/mol. The average Bonchev–Trinajstić information content (AvgIpc) is 3.10. The molecule has 7 heteroatoms. The first-order chi connectivity index (χ1) is 11.6. The minimum Gasteiger partial charge on any atom is -0.380 e. The SMILES string of the molecule is O=C(Nc1ccc(F)c(Cl)c1)c1cccc(NSC2CCOC2)c1. The number of hydrogen-bond donors (Lipinski definition) is 2. The highest BCUT2D eigenvalue weighted by molar-refractivity contribution is 8.01. The van der Waals surface area contributed by atoms with Crippen molar-refractivity contribution in [2.45, 2.75) is 11.7 Å². The van der Waals surface area contributed by atoms with Crippen molar-refractivity contribution in [2.24, 2.45) is 0 Å². The van der Waals surface area contributed by atoms with E-state index in [-0.39, 0.29) is 10.9 Å². The summed E-state index contributed by atoms with van der Waals surface area (Å²) in [6.45, 7) is 1.53. The highest BCUT2D eigenvalue weighted by atomic mass is 35.5. The lowest BCUT2D eigenvalue weighted by Crippen LogP contribution is -2.12. The fraction of sp³-hybridized carbons (Fsp3) is 0.235. The van der Waals surface area contributed by atoms with Crippen LogP contribution in [0.4, 0.5) is 15.8 Å². The average molecular weight is 367 g/mol. The van der Waals surface area contributed by atoms with E-state index < -0.39 is 5.82 Å². The molecule has 2 aromatic carbocycles. The number of ether oxygens (including phenoxy) is 1. The van der Waals surface area contributed by atoms with Gasteiger partial charge in [-0.1, -0.05) is 17.7 Å². The quantitative estimate of drug-likeness (QED) is 0.760. The third kappa shape index (κ3) is 4.41. The molecule has 1 atom stereocenters. The third-order valence-corrected chi connectivity index (χ3v) is 4.88. The van der Waals surface area contributed by atoms with Gasteiger partial charge in [-0.05, 0) is 54.8 Å². The van der Waals surface area contributed by atoms with Gasteiger partial charge < -0.3 is 14.8 Å². The number of rotatable bonds is 5. The van der Waals surface area contributed by atoms with Crippen molar-refractivity contribution in [2.75, 3.05) is 23.3 Å². The summed E-state index contributed by atoms with van der Waals surface area (Å²) in [6, 6.07) is 11.3. The van der Waals surface area contributed by atoms with Crippen molar-refractivity contribution in [3.05, 3.63) is 58.9 Å². The third-order valence-electron chi connectivity index (χ3n) is 3.53. The zero-order chi connectivity index (χ0) is 16.9. The molecule has 0 aliphatic carbocycles. The van der Waals surface area contributed by atoms with E-state index in [1.165, 1.54) is 18.2 Å². The summed E-state index contributed by atoms with van der Waals surface area (Å²) in [5.41, 5.74) is 1.79. The molecule has 2 N–H and O–H groups in total. The molecule has 126 valence electrons.